The lowest BCUT2D eigenvalue weighted by Crippen LogP contribution is -2.23. The first-order valence-corrected chi connectivity index (χ1v) is 10.0. The number of pyridine rings is 2. The third-order valence-electron chi connectivity index (χ3n) is 5.48. The molecule has 0 amide bonds. The van der Waals surface area contributed by atoms with Crippen molar-refractivity contribution in [2.45, 2.75) is 19.3 Å². The largest absolute Gasteiger partial charge is 0.250 e. The average molecular weight is 447 g/mol. The first kappa shape index (κ1) is 22.2. The number of benzene rings is 2. The smallest absolute Gasteiger partial charge is 0.148 e. The summed E-state index contributed by atoms with van der Waals surface area (Å²) < 4.78 is 56.2. The van der Waals surface area contributed by atoms with Gasteiger partial charge in [-0.3, -0.25) is 4.98 Å². The van der Waals surface area contributed by atoms with E-state index in [0.717, 1.165) is 18.2 Å². The molecule has 0 aliphatic heterocycles. The third kappa shape index (κ3) is 4.08. The van der Waals surface area contributed by atoms with Crippen LogP contribution in [0.15, 0.2) is 66.7 Å². The van der Waals surface area contributed by atoms with Gasteiger partial charge >= 0.3 is 0 Å². The first-order chi connectivity index (χ1) is 15.7. The average Bonchev–Trinajstić information content (AvgIpc) is 2.79. The van der Waals surface area contributed by atoms with Gasteiger partial charge in [-0.05, 0) is 42.5 Å². The molecule has 0 unspecified atom stereocenters. The van der Waals surface area contributed by atoms with Gasteiger partial charge in [0.2, 0.25) is 0 Å². The lowest BCUT2D eigenvalue weighted by Gasteiger charge is -2.26. The van der Waals surface area contributed by atoms with Gasteiger partial charge in [-0.1, -0.05) is 32.0 Å². The molecule has 2 aromatic carbocycles. The van der Waals surface area contributed by atoms with Gasteiger partial charge in [0.05, 0.1) is 22.8 Å². The summed E-state index contributed by atoms with van der Waals surface area (Å²) in [6, 6.07) is 17.3. The van der Waals surface area contributed by atoms with Crippen LogP contribution in [0, 0.1) is 34.6 Å². The fourth-order valence-corrected chi connectivity index (χ4v) is 3.63. The Hall–Kier alpha value is -4.05. The molecule has 0 aliphatic carbocycles. The number of rotatable bonds is 4. The van der Waals surface area contributed by atoms with E-state index in [1.165, 1.54) is 12.1 Å². The number of nitrogens with zero attached hydrogens (tertiary/aromatic N) is 3. The molecule has 0 spiro atoms. The molecule has 0 radical (unpaired) electrons. The number of halogens is 4. The number of nitriles is 1. The van der Waals surface area contributed by atoms with Crippen LogP contribution in [-0.4, -0.2) is 9.97 Å². The Balaban J connectivity index is 1.77. The second-order valence-corrected chi connectivity index (χ2v) is 7.96. The van der Waals surface area contributed by atoms with Crippen molar-refractivity contribution in [1.29, 1.82) is 5.26 Å². The van der Waals surface area contributed by atoms with Gasteiger partial charge in [-0.25, -0.2) is 22.5 Å². The summed E-state index contributed by atoms with van der Waals surface area (Å²) in [5.41, 5.74) is 0.285. The molecule has 0 fully saturated rings. The topological polar surface area (TPSA) is 49.6 Å². The Morgan fingerprint density at radius 1 is 0.758 bits per heavy atom. The van der Waals surface area contributed by atoms with Gasteiger partial charge in [-0.2, -0.15) is 5.26 Å². The Morgan fingerprint density at radius 2 is 1.42 bits per heavy atom. The lowest BCUT2D eigenvalue weighted by molar-refractivity contribution is 0.520. The summed E-state index contributed by atoms with van der Waals surface area (Å²) in [5, 5.41) is 9.11. The standard InChI is InChI=1S/C26H17F4N3/c1-26(2,18-11-12-19(28)17(14-31)25(18)30)24-8-4-7-23(33-24)22-6-3-5-21(32-22)16-10-9-15(27)13-20(16)29/h3-13H,1-2H3. The quantitative estimate of drug-likeness (QED) is 0.333. The van der Waals surface area contributed by atoms with Crippen LogP contribution in [0.1, 0.15) is 30.7 Å². The van der Waals surface area contributed by atoms with Crippen LogP contribution in [0.2, 0.25) is 0 Å². The Labute approximate surface area is 188 Å². The zero-order chi connectivity index (χ0) is 23.8. The highest BCUT2D eigenvalue weighted by Gasteiger charge is 2.30. The van der Waals surface area contributed by atoms with E-state index in [0.29, 0.717) is 22.8 Å². The Kier molecular flexibility index (Phi) is 5.69. The molecule has 0 N–H and O–H groups in total. The molecule has 4 rings (SSSR count). The first-order valence-electron chi connectivity index (χ1n) is 10.0. The minimum Gasteiger partial charge on any atom is -0.250 e. The van der Waals surface area contributed by atoms with Crippen LogP contribution in [0.4, 0.5) is 17.6 Å². The zero-order valence-electron chi connectivity index (χ0n) is 17.7. The third-order valence-corrected chi connectivity index (χ3v) is 5.48. The van der Waals surface area contributed by atoms with E-state index in [1.807, 2.05) is 0 Å². The van der Waals surface area contributed by atoms with Crippen LogP contribution < -0.4 is 0 Å². The maximum atomic E-state index is 14.9. The molecule has 0 atom stereocenters. The van der Waals surface area contributed by atoms with E-state index < -0.39 is 34.2 Å². The molecule has 0 saturated heterocycles. The lowest BCUT2D eigenvalue weighted by atomic mass is 9.80. The minimum absolute atomic E-state index is 0.125. The van der Waals surface area contributed by atoms with Gasteiger partial charge in [0.25, 0.3) is 0 Å². The monoisotopic (exact) mass is 447 g/mol. The fourth-order valence-electron chi connectivity index (χ4n) is 3.63. The second kappa shape index (κ2) is 8.47. The molecule has 0 saturated carbocycles. The highest BCUT2D eigenvalue weighted by molar-refractivity contribution is 5.65. The Bertz CT molecular complexity index is 1410. The summed E-state index contributed by atoms with van der Waals surface area (Å²) in [6.07, 6.45) is 0. The summed E-state index contributed by atoms with van der Waals surface area (Å²) in [4.78, 5) is 9.09. The molecular weight excluding hydrogens is 430 g/mol. The predicted molar refractivity (Wildman–Crippen MR) is 116 cm³/mol. The van der Waals surface area contributed by atoms with Gasteiger partial charge in [0.15, 0.2) is 0 Å². The van der Waals surface area contributed by atoms with Gasteiger partial charge in [0.1, 0.15) is 34.9 Å². The van der Waals surface area contributed by atoms with Crippen LogP contribution >= 0.6 is 0 Å². The molecule has 2 heterocycles. The van der Waals surface area contributed by atoms with E-state index in [2.05, 4.69) is 9.97 Å². The molecule has 7 heteroatoms. The molecule has 0 aliphatic rings. The van der Waals surface area contributed by atoms with Crippen molar-refractivity contribution in [3.05, 3.63) is 107 Å². The molecule has 164 valence electrons. The van der Waals surface area contributed by atoms with Crippen molar-refractivity contribution in [3.63, 3.8) is 0 Å². The molecule has 33 heavy (non-hydrogen) atoms. The van der Waals surface area contributed by atoms with E-state index in [-0.39, 0.29) is 11.1 Å². The second-order valence-electron chi connectivity index (χ2n) is 7.96. The SMILES string of the molecule is CC(C)(c1cccc(-c2cccc(-c3ccc(F)cc3F)n2)n1)c1ccc(F)c(C#N)c1F. The fraction of sp³-hybridized carbons (Fsp3) is 0.115. The molecule has 0 bridgehead atoms. The molecular formula is C26H17F4N3. The van der Waals surface area contributed by atoms with E-state index >= 15 is 0 Å². The van der Waals surface area contributed by atoms with Crippen molar-refractivity contribution in [2.24, 2.45) is 0 Å². The van der Waals surface area contributed by atoms with Crippen LogP contribution in [0.25, 0.3) is 22.6 Å². The van der Waals surface area contributed by atoms with Gasteiger partial charge in [-0.15, -0.1) is 0 Å². The minimum atomic E-state index is -1.000. The van der Waals surface area contributed by atoms with Crippen molar-refractivity contribution in [2.75, 3.05) is 0 Å². The number of aromatic nitrogens is 2. The predicted octanol–water partition coefficient (Wildman–Crippen LogP) is 6.56. The molecule has 3 nitrogen and oxygen atoms in total. The van der Waals surface area contributed by atoms with Crippen molar-refractivity contribution in [3.8, 4) is 28.7 Å². The number of hydrogen-bond donors (Lipinski definition) is 0. The highest BCUT2D eigenvalue weighted by Crippen LogP contribution is 2.35. The van der Waals surface area contributed by atoms with Gasteiger partial charge < -0.3 is 0 Å². The maximum Gasteiger partial charge on any atom is 0.148 e. The van der Waals surface area contributed by atoms with Crippen molar-refractivity contribution >= 4 is 0 Å². The van der Waals surface area contributed by atoms with Crippen LogP contribution in [0.5, 0.6) is 0 Å². The number of hydrogen-bond acceptors (Lipinski definition) is 3. The highest BCUT2D eigenvalue weighted by atomic mass is 19.1. The van der Waals surface area contributed by atoms with Crippen molar-refractivity contribution < 1.29 is 17.6 Å². The van der Waals surface area contributed by atoms with E-state index in [9.17, 15) is 17.6 Å². The van der Waals surface area contributed by atoms with Crippen molar-refractivity contribution in [1.82, 2.24) is 9.97 Å². The summed E-state index contributed by atoms with van der Waals surface area (Å²) in [7, 11) is 0. The van der Waals surface area contributed by atoms with E-state index in [1.54, 1.807) is 56.3 Å². The molecule has 4 aromatic rings. The van der Waals surface area contributed by atoms with Crippen LogP contribution in [-0.2, 0) is 5.41 Å². The van der Waals surface area contributed by atoms with Crippen LogP contribution in [0.3, 0.4) is 0 Å². The summed E-state index contributed by atoms with van der Waals surface area (Å²) >= 11 is 0. The Morgan fingerprint density at radius 3 is 2.12 bits per heavy atom. The van der Waals surface area contributed by atoms with Gasteiger partial charge in [0, 0.05) is 22.6 Å². The zero-order valence-corrected chi connectivity index (χ0v) is 17.7. The normalized spacial score (nSPS) is 11.3. The summed E-state index contributed by atoms with van der Waals surface area (Å²) in [6.45, 7) is 3.43. The van der Waals surface area contributed by atoms with E-state index in [4.69, 9.17) is 5.26 Å². The molecule has 2 aromatic heterocycles. The maximum absolute atomic E-state index is 14.9. The summed E-state index contributed by atoms with van der Waals surface area (Å²) in [5.74, 6) is -3.27.